The van der Waals surface area contributed by atoms with Crippen LogP contribution >= 0.6 is 0 Å². The molecule has 2 N–H and O–H groups in total. The summed E-state index contributed by atoms with van der Waals surface area (Å²) in [5.41, 5.74) is 9.36. The number of hydrogen-bond acceptors (Lipinski definition) is 1. The van der Waals surface area contributed by atoms with Crippen LogP contribution in [0.4, 0.5) is 0 Å². The maximum atomic E-state index is 6.44. The predicted octanol–water partition coefficient (Wildman–Crippen LogP) is 5.34. The van der Waals surface area contributed by atoms with Gasteiger partial charge in [0.05, 0.1) is 0 Å². The lowest BCUT2D eigenvalue weighted by atomic mass is 9.85. The highest BCUT2D eigenvalue weighted by atomic mass is 14.6. The van der Waals surface area contributed by atoms with E-state index in [4.69, 9.17) is 5.73 Å². The first-order valence-corrected chi connectivity index (χ1v) is 8.33. The largest absolute Gasteiger partial charge is 0.324 e. The smallest absolute Gasteiger partial charge is 0.0297 e. The van der Waals surface area contributed by atoms with Crippen molar-refractivity contribution in [2.45, 2.75) is 77.2 Å². The molecule has 1 aromatic rings. The lowest BCUT2D eigenvalue weighted by Gasteiger charge is -2.22. The third kappa shape index (κ3) is 4.34. The minimum Gasteiger partial charge on any atom is -0.324 e. The summed E-state index contributed by atoms with van der Waals surface area (Å²) >= 11 is 0. The zero-order valence-corrected chi connectivity index (χ0v) is 13.5. The number of benzene rings is 1. The second-order valence-electron chi connectivity index (χ2n) is 7.57. The summed E-state index contributed by atoms with van der Waals surface area (Å²) in [4.78, 5) is 0. The highest BCUT2D eigenvalue weighted by Crippen LogP contribution is 2.31. The lowest BCUT2D eigenvalue weighted by molar-refractivity contribution is 0.393. The first-order valence-electron chi connectivity index (χ1n) is 8.33. The van der Waals surface area contributed by atoms with Crippen molar-refractivity contribution in [1.29, 1.82) is 0 Å². The Morgan fingerprint density at radius 3 is 2.05 bits per heavy atom. The Kier molecular flexibility index (Phi) is 5.26. The van der Waals surface area contributed by atoms with Crippen molar-refractivity contribution in [3.8, 4) is 0 Å². The van der Waals surface area contributed by atoms with Crippen molar-refractivity contribution in [1.82, 2.24) is 0 Å². The van der Waals surface area contributed by atoms with Gasteiger partial charge >= 0.3 is 0 Å². The molecule has 1 nitrogen and oxygen atoms in total. The van der Waals surface area contributed by atoms with E-state index in [9.17, 15) is 0 Å². The molecule has 1 heteroatoms. The second-order valence-corrected chi connectivity index (χ2v) is 7.57. The zero-order valence-electron chi connectivity index (χ0n) is 13.5. The highest BCUT2D eigenvalue weighted by molar-refractivity contribution is 5.29. The predicted molar refractivity (Wildman–Crippen MR) is 87.9 cm³/mol. The third-order valence-electron chi connectivity index (χ3n) is 4.77. The fourth-order valence-electron chi connectivity index (χ4n) is 3.33. The number of rotatable bonds is 3. The molecule has 0 spiro atoms. The van der Waals surface area contributed by atoms with Crippen molar-refractivity contribution in [2.75, 3.05) is 0 Å². The summed E-state index contributed by atoms with van der Waals surface area (Å²) in [7, 11) is 0. The van der Waals surface area contributed by atoms with Crippen LogP contribution < -0.4 is 5.73 Å². The summed E-state index contributed by atoms with van der Waals surface area (Å²) in [6, 6.07) is 9.20. The molecule has 1 unspecified atom stereocenters. The molecule has 0 aromatic heterocycles. The summed E-state index contributed by atoms with van der Waals surface area (Å²) in [6.45, 7) is 6.77. The molecule has 112 valence electrons. The van der Waals surface area contributed by atoms with Crippen LogP contribution in [0.25, 0.3) is 0 Å². The van der Waals surface area contributed by atoms with Crippen LogP contribution in [0.1, 0.15) is 82.9 Å². The number of hydrogen-bond donors (Lipinski definition) is 1. The summed E-state index contributed by atoms with van der Waals surface area (Å²) in [5, 5.41) is 0. The van der Waals surface area contributed by atoms with Gasteiger partial charge in [-0.25, -0.2) is 0 Å². The van der Waals surface area contributed by atoms with E-state index in [1.807, 2.05) is 0 Å². The van der Waals surface area contributed by atoms with Crippen LogP contribution in [-0.4, -0.2) is 0 Å². The average Bonchev–Trinajstić information content (AvgIpc) is 2.66. The number of nitrogens with two attached hydrogens (primary N) is 1. The molecular formula is C19H31N. The highest BCUT2D eigenvalue weighted by Gasteiger charge is 2.18. The molecule has 0 heterocycles. The molecule has 0 aliphatic heterocycles. The van der Waals surface area contributed by atoms with E-state index in [0.717, 1.165) is 12.3 Å². The van der Waals surface area contributed by atoms with Gasteiger partial charge in [-0.1, -0.05) is 83.6 Å². The van der Waals surface area contributed by atoms with Gasteiger partial charge in [-0.2, -0.15) is 0 Å². The second kappa shape index (κ2) is 6.76. The molecule has 1 atom stereocenters. The molecule has 1 aromatic carbocycles. The van der Waals surface area contributed by atoms with Crippen molar-refractivity contribution in [3.05, 3.63) is 35.4 Å². The SMILES string of the molecule is CC(C)(C)c1ccc(C(N)CC2CCCCCC2)cc1. The quantitative estimate of drug-likeness (QED) is 0.739. The molecule has 1 saturated carbocycles. The van der Waals surface area contributed by atoms with Crippen molar-refractivity contribution in [3.63, 3.8) is 0 Å². The molecular weight excluding hydrogens is 242 g/mol. The normalized spacial score (nSPS) is 19.6. The van der Waals surface area contributed by atoms with Crippen LogP contribution in [0.3, 0.4) is 0 Å². The van der Waals surface area contributed by atoms with Gasteiger partial charge in [-0.05, 0) is 28.9 Å². The molecule has 1 fully saturated rings. The van der Waals surface area contributed by atoms with E-state index in [2.05, 4.69) is 45.0 Å². The molecule has 0 radical (unpaired) electrons. The summed E-state index contributed by atoms with van der Waals surface area (Å²) < 4.78 is 0. The summed E-state index contributed by atoms with van der Waals surface area (Å²) in [6.07, 6.45) is 9.58. The van der Waals surface area contributed by atoms with E-state index >= 15 is 0 Å². The fourth-order valence-corrected chi connectivity index (χ4v) is 3.33. The topological polar surface area (TPSA) is 26.0 Å². The van der Waals surface area contributed by atoms with Gasteiger partial charge in [0, 0.05) is 6.04 Å². The van der Waals surface area contributed by atoms with Crippen LogP contribution in [-0.2, 0) is 5.41 Å². The maximum absolute atomic E-state index is 6.44. The van der Waals surface area contributed by atoms with E-state index in [-0.39, 0.29) is 11.5 Å². The van der Waals surface area contributed by atoms with Gasteiger partial charge < -0.3 is 5.73 Å². The van der Waals surface area contributed by atoms with Gasteiger partial charge in [0.15, 0.2) is 0 Å². The Labute approximate surface area is 125 Å². The Morgan fingerprint density at radius 2 is 1.55 bits per heavy atom. The molecule has 2 rings (SSSR count). The van der Waals surface area contributed by atoms with Crippen LogP contribution in [0.5, 0.6) is 0 Å². The first-order chi connectivity index (χ1) is 9.47. The van der Waals surface area contributed by atoms with Crippen LogP contribution in [0, 0.1) is 5.92 Å². The lowest BCUT2D eigenvalue weighted by Crippen LogP contribution is -2.16. The monoisotopic (exact) mass is 273 g/mol. The van der Waals surface area contributed by atoms with Crippen LogP contribution in [0.2, 0.25) is 0 Å². The van der Waals surface area contributed by atoms with E-state index in [1.54, 1.807) is 0 Å². The Bertz CT molecular complexity index is 391. The standard InChI is InChI=1S/C19H31N/c1-19(2,3)17-12-10-16(11-13-17)18(20)14-15-8-6-4-5-7-9-15/h10-13,15,18H,4-9,14,20H2,1-3H3. The van der Waals surface area contributed by atoms with Crippen molar-refractivity contribution >= 4 is 0 Å². The van der Waals surface area contributed by atoms with E-state index < -0.39 is 0 Å². The zero-order chi connectivity index (χ0) is 14.6. The van der Waals surface area contributed by atoms with Crippen molar-refractivity contribution in [2.24, 2.45) is 11.7 Å². The molecule has 0 amide bonds. The Hall–Kier alpha value is -0.820. The van der Waals surface area contributed by atoms with Gasteiger partial charge in [0.25, 0.3) is 0 Å². The van der Waals surface area contributed by atoms with E-state index in [0.29, 0.717) is 0 Å². The molecule has 1 aliphatic rings. The molecule has 1 aliphatic carbocycles. The minimum absolute atomic E-state index is 0.215. The molecule has 20 heavy (non-hydrogen) atoms. The fraction of sp³-hybridized carbons (Fsp3) is 0.684. The van der Waals surface area contributed by atoms with Crippen molar-refractivity contribution < 1.29 is 0 Å². The minimum atomic E-state index is 0.215. The Balaban J connectivity index is 1.96. The Morgan fingerprint density at radius 1 is 1.00 bits per heavy atom. The van der Waals surface area contributed by atoms with Crippen LogP contribution in [0.15, 0.2) is 24.3 Å². The molecule has 0 bridgehead atoms. The average molecular weight is 273 g/mol. The third-order valence-corrected chi connectivity index (χ3v) is 4.77. The van der Waals surface area contributed by atoms with Gasteiger partial charge in [-0.15, -0.1) is 0 Å². The first kappa shape index (κ1) is 15.6. The van der Waals surface area contributed by atoms with E-state index in [1.165, 1.54) is 49.7 Å². The maximum Gasteiger partial charge on any atom is 0.0297 e. The van der Waals surface area contributed by atoms with Gasteiger partial charge in [-0.3, -0.25) is 0 Å². The van der Waals surface area contributed by atoms with Gasteiger partial charge in [0.2, 0.25) is 0 Å². The summed E-state index contributed by atoms with van der Waals surface area (Å²) in [5.74, 6) is 0.842. The molecule has 0 saturated heterocycles. The van der Waals surface area contributed by atoms with Gasteiger partial charge in [0.1, 0.15) is 0 Å².